The van der Waals surface area contributed by atoms with Gasteiger partial charge in [-0.15, -0.1) is 0 Å². The number of fused-ring (bicyclic) bond motifs is 1. The number of ether oxygens (including phenoxy) is 2. The molecule has 2 fully saturated rings. The fourth-order valence-electron chi connectivity index (χ4n) is 3.66. The lowest BCUT2D eigenvalue weighted by atomic mass is 9.69. The van der Waals surface area contributed by atoms with Crippen molar-refractivity contribution in [3.8, 4) is 0 Å². The summed E-state index contributed by atoms with van der Waals surface area (Å²) in [6, 6.07) is -0.347. The van der Waals surface area contributed by atoms with Crippen LogP contribution in [0.5, 0.6) is 0 Å². The van der Waals surface area contributed by atoms with Crippen molar-refractivity contribution in [3.63, 3.8) is 0 Å². The first kappa shape index (κ1) is 15.3. The predicted molar refractivity (Wildman–Crippen MR) is 70.5 cm³/mol. The van der Waals surface area contributed by atoms with Gasteiger partial charge in [-0.2, -0.15) is 5.06 Å². The lowest BCUT2D eigenvalue weighted by Gasteiger charge is -2.40. The number of carbonyl (C=O) groups excluding carboxylic acids is 2. The lowest BCUT2D eigenvalue weighted by molar-refractivity contribution is -0.200. The third-order valence-electron chi connectivity index (χ3n) is 4.25. The molecular formula is C14H23NO5. The van der Waals surface area contributed by atoms with E-state index in [0.717, 1.165) is 6.42 Å². The normalized spacial score (nSPS) is 29.1. The van der Waals surface area contributed by atoms with Crippen molar-refractivity contribution >= 4 is 11.9 Å². The second kappa shape index (κ2) is 5.00. The van der Waals surface area contributed by atoms with E-state index in [9.17, 15) is 9.59 Å². The molecule has 0 aromatic heterocycles. The van der Waals surface area contributed by atoms with Gasteiger partial charge in [-0.25, -0.2) is 0 Å². The summed E-state index contributed by atoms with van der Waals surface area (Å²) in [6.45, 7) is 6.59. The first-order valence-corrected chi connectivity index (χ1v) is 6.87. The molecule has 0 aromatic carbocycles. The average molecular weight is 285 g/mol. The fraction of sp³-hybridized carbons (Fsp3) is 0.857. The van der Waals surface area contributed by atoms with Crippen LogP contribution in [0.1, 0.15) is 33.6 Å². The molecule has 0 saturated carbocycles. The Labute approximate surface area is 119 Å². The van der Waals surface area contributed by atoms with Crippen LogP contribution in [-0.4, -0.2) is 49.9 Å². The first-order chi connectivity index (χ1) is 9.29. The largest absolute Gasteiger partial charge is 0.468 e. The molecule has 0 amide bonds. The van der Waals surface area contributed by atoms with Gasteiger partial charge in [0, 0.05) is 6.04 Å². The van der Waals surface area contributed by atoms with Crippen molar-refractivity contribution in [2.24, 2.45) is 10.8 Å². The van der Waals surface area contributed by atoms with E-state index in [1.54, 1.807) is 0 Å². The summed E-state index contributed by atoms with van der Waals surface area (Å²) in [6.07, 6.45) is 1.19. The summed E-state index contributed by atoms with van der Waals surface area (Å²) >= 11 is 0. The van der Waals surface area contributed by atoms with Crippen LogP contribution < -0.4 is 0 Å². The van der Waals surface area contributed by atoms with Gasteiger partial charge in [-0.05, 0) is 18.3 Å². The molecule has 0 bridgehead atoms. The number of hydrogen-bond donors (Lipinski definition) is 0. The van der Waals surface area contributed by atoms with Crippen LogP contribution in [0.15, 0.2) is 0 Å². The van der Waals surface area contributed by atoms with Gasteiger partial charge >= 0.3 is 11.9 Å². The highest BCUT2D eigenvalue weighted by Gasteiger charge is 2.67. The predicted octanol–water partition coefficient (Wildman–Crippen LogP) is 1.14. The van der Waals surface area contributed by atoms with Gasteiger partial charge in [-0.1, -0.05) is 20.8 Å². The molecule has 6 nitrogen and oxygen atoms in total. The Morgan fingerprint density at radius 3 is 2.20 bits per heavy atom. The Morgan fingerprint density at radius 1 is 1.20 bits per heavy atom. The highest BCUT2D eigenvalue weighted by molar-refractivity contribution is 6.01. The molecular weight excluding hydrogens is 262 g/mol. The van der Waals surface area contributed by atoms with Crippen LogP contribution in [0.2, 0.25) is 0 Å². The number of nitrogens with zero attached hydrogens (tertiary/aromatic N) is 1. The van der Waals surface area contributed by atoms with Crippen LogP contribution in [0.25, 0.3) is 0 Å². The second-order valence-electron chi connectivity index (χ2n) is 6.56. The highest BCUT2D eigenvalue weighted by atomic mass is 16.7. The topological polar surface area (TPSA) is 65.1 Å². The van der Waals surface area contributed by atoms with Crippen molar-refractivity contribution in [2.75, 3.05) is 20.8 Å². The molecule has 0 N–H and O–H groups in total. The Bertz CT molecular complexity index is 398. The van der Waals surface area contributed by atoms with Crippen LogP contribution in [0, 0.1) is 10.8 Å². The summed E-state index contributed by atoms with van der Waals surface area (Å²) in [7, 11) is 2.61. The van der Waals surface area contributed by atoms with Crippen molar-refractivity contribution in [2.45, 2.75) is 45.7 Å². The van der Waals surface area contributed by atoms with Gasteiger partial charge in [-0.3, -0.25) is 14.4 Å². The molecule has 20 heavy (non-hydrogen) atoms. The third kappa shape index (κ3) is 2.02. The van der Waals surface area contributed by atoms with Crippen LogP contribution in [0.3, 0.4) is 0 Å². The van der Waals surface area contributed by atoms with Crippen molar-refractivity contribution in [1.82, 2.24) is 5.06 Å². The maximum absolute atomic E-state index is 12.4. The minimum atomic E-state index is -1.31. The van der Waals surface area contributed by atoms with Crippen LogP contribution in [-0.2, 0) is 23.9 Å². The van der Waals surface area contributed by atoms with Gasteiger partial charge in [0.2, 0.25) is 0 Å². The third-order valence-corrected chi connectivity index (χ3v) is 4.25. The number of rotatable bonds is 2. The molecule has 2 atom stereocenters. The summed E-state index contributed by atoms with van der Waals surface area (Å²) < 4.78 is 9.86. The molecule has 2 rings (SSSR count). The number of hydrogen-bond acceptors (Lipinski definition) is 6. The highest BCUT2D eigenvalue weighted by Crippen LogP contribution is 2.52. The molecule has 114 valence electrons. The van der Waals surface area contributed by atoms with Gasteiger partial charge in [0.1, 0.15) is 0 Å². The molecule has 2 aliphatic heterocycles. The maximum Gasteiger partial charge on any atom is 0.325 e. The van der Waals surface area contributed by atoms with Crippen molar-refractivity contribution in [1.29, 1.82) is 0 Å². The van der Waals surface area contributed by atoms with Crippen LogP contribution in [0.4, 0.5) is 0 Å². The molecule has 2 aliphatic rings. The molecule has 0 aliphatic carbocycles. The maximum atomic E-state index is 12.4. The van der Waals surface area contributed by atoms with E-state index < -0.39 is 23.4 Å². The SMILES string of the molecule is COC(=O)C1(C(=O)OC)C[C@@H]2CCON2[C@H]1C(C)(C)C. The van der Waals surface area contributed by atoms with E-state index in [-0.39, 0.29) is 11.5 Å². The zero-order valence-electron chi connectivity index (χ0n) is 12.8. The quantitative estimate of drug-likeness (QED) is 0.560. The van der Waals surface area contributed by atoms with Gasteiger partial charge < -0.3 is 9.47 Å². The average Bonchev–Trinajstić information content (AvgIpc) is 2.93. The van der Waals surface area contributed by atoms with E-state index in [4.69, 9.17) is 14.3 Å². The molecule has 0 radical (unpaired) electrons. The number of hydroxylamine groups is 2. The fourth-order valence-corrected chi connectivity index (χ4v) is 3.66. The minimum absolute atomic E-state index is 0.0532. The minimum Gasteiger partial charge on any atom is -0.468 e. The van der Waals surface area contributed by atoms with E-state index in [0.29, 0.717) is 13.0 Å². The zero-order chi connectivity index (χ0) is 15.1. The molecule has 0 spiro atoms. The number of carbonyl (C=O) groups is 2. The lowest BCUT2D eigenvalue weighted by Crippen LogP contribution is -2.56. The van der Waals surface area contributed by atoms with E-state index in [2.05, 4.69) is 0 Å². The second-order valence-corrected chi connectivity index (χ2v) is 6.56. The molecule has 0 aromatic rings. The first-order valence-electron chi connectivity index (χ1n) is 6.87. The standard InChI is InChI=1S/C14H23NO5/c1-13(2,3)10-14(11(16)18-4,12(17)19-5)8-9-6-7-20-15(9)10/h9-10H,6-8H2,1-5H3/t9-,10-/m0/s1. The van der Waals surface area contributed by atoms with E-state index in [1.165, 1.54) is 14.2 Å². The Kier molecular flexibility index (Phi) is 3.81. The van der Waals surface area contributed by atoms with Crippen molar-refractivity contribution in [3.05, 3.63) is 0 Å². The molecule has 2 saturated heterocycles. The molecule has 2 heterocycles. The number of methoxy groups -OCH3 is 2. The van der Waals surface area contributed by atoms with Crippen LogP contribution >= 0.6 is 0 Å². The van der Waals surface area contributed by atoms with Crippen molar-refractivity contribution < 1.29 is 23.9 Å². The Balaban J connectivity index is 2.53. The van der Waals surface area contributed by atoms with Gasteiger partial charge in [0.25, 0.3) is 0 Å². The summed E-state index contributed by atoms with van der Waals surface area (Å²) in [4.78, 5) is 30.5. The Hall–Kier alpha value is -1.14. The van der Waals surface area contributed by atoms with E-state index in [1.807, 2.05) is 25.8 Å². The Morgan fingerprint density at radius 2 is 1.75 bits per heavy atom. The summed E-state index contributed by atoms with van der Waals surface area (Å²) in [5, 5.41) is 1.81. The molecule has 6 heteroatoms. The van der Waals surface area contributed by atoms with E-state index >= 15 is 0 Å². The smallest absolute Gasteiger partial charge is 0.325 e. The summed E-state index contributed by atoms with van der Waals surface area (Å²) in [5.74, 6) is -1.08. The molecule has 0 unspecified atom stereocenters. The van der Waals surface area contributed by atoms with Gasteiger partial charge in [0.05, 0.1) is 26.9 Å². The zero-order valence-corrected chi connectivity index (χ0v) is 12.8. The monoisotopic (exact) mass is 285 g/mol. The number of esters is 2. The van der Waals surface area contributed by atoms with Gasteiger partial charge in [0.15, 0.2) is 5.41 Å². The summed E-state index contributed by atoms with van der Waals surface area (Å²) in [5.41, 5.74) is -1.64.